The van der Waals surface area contributed by atoms with Gasteiger partial charge in [-0.05, 0) is 38.1 Å². The predicted octanol–water partition coefficient (Wildman–Crippen LogP) is 2.32. The van der Waals surface area contributed by atoms with Crippen molar-refractivity contribution in [3.8, 4) is 5.75 Å². The molecule has 0 spiro atoms. The maximum absolute atomic E-state index is 12.0. The van der Waals surface area contributed by atoms with Crippen LogP contribution in [0.2, 0.25) is 0 Å². The zero-order chi connectivity index (χ0) is 15.5. The Labute approximate surface area is 124 Å². The molecule has 0 unspecified atom stereocenters. The number of hydrogen-bond donors (Lipinski definition) is 2. The summed E-state index contributed by atoms with van der Waals surface area (Å²) in [7, 11) is -3.70. The van der Waals surface area contributed by atoms with Crippen molar-refractivity contribution in [2.45, 2.75) is 18.7 Å². The summed E-state index contributed by atoms with van der Waals surface area (Å²) in [6.07, 6.45) is 1.27. The molecule has 2 rings (SSSR count). The van der Waals surface area contributed by atoms with Gasteiger partial charge in [-0.1, -0.05) is 29.3 Å². The second-order valence-corrected chi connectivity index (χ2v) is 6.39. The van der Waals surface area contributed by atoms with E-state index in [2.05, 4.69) is 9.93 Å². The number of hydrogen-bond acceptors (Lipinski definition) is 4. The first-order valence-corrected chi connectivity index (χ1v) is 7.78. The summed E-state index contributed by atoms with van der Waals surface area (Å²) in [6.45, 7) is 3.75. The van der Waals surface area contributed by atoms with E-state index < -0.39 is 10.0 Å². The first kappa shape index (κ1) is 15.1. The van der Waals surface area contributed by atoms with Crippen LogP contribution >= 0.6 is 0 Å². The van der Waals surface area contributed by atoms with E-state index >= 15 is 0 Å². The average molecular weight is 304 g/mol. The minimum atomic E-state index is -3.70. The Morgan fingerprint density at radius 2 is 1.67 bits per heavy atom. The van der Waals surface area contributed by atoms with Gasteiger partial charge in [0.25, 0.3) is 10.0 Å². The number of hydrazone groups is 1. The maximum Gasteiger partial charge on any atom is 0.276 e. The molecule has 21 heavy (non-hydrogen) atoms. The van der Waals surface area contributed by atoms with E-state index in [1.807, 2.05) is 13.8 Å². The third-order valence-electron chi connectivity index (χ3n) is 2.89. The lowest BCUT2D eigenvalue weighted by molar-refractivity contribution is 0.474. The summed E-state index contributed by atoms with van der Waals surface area (Å²) >= 11 is 0. The number of aromatic hydroxyl groups is 1. The van der Waals surface area contributed by atoms with Crippen LogP contribution < -0.4 is 4.83 Å². The van der Waals surface area contributed by atoms with E-state index in [4.69, 9.17) is 0 Å². The quantitative estimate of drug-likeness (QED) is 0.672. The van der Waals surface area contributed by atoms with Gasteiger partial charge in [0.15, 0.2) is 0 Å². The molecule has 2 N–H and O–H groups in total. The van der Waals surface area contributed by atoms with Crippen LogP contribution in [-0.4, -0.2) is 19.7 Å². The van der Waals surface area contributed by atoms with Gasteiger partial charge in [-0.25, -0.2) is 4.83 Å². The largest absolute Gasteiger partial charge is 0.507 e. The molecule has 0 aromatic heterocycles. The third kappa shape index (κ3) is 3.82. The molecule has 0 saturated heterocycles. The Balaban J connectivity index is 2.16. The summed E-state index contributed by atoms with van der Waals surface area (Å²) in [4.78, 5) is 2.26. The Morgan fingerprint density at radius 3 is 2.33 bits per heavy atom. The monoisotopic (exact) mass is 304 g/mol. The summed E-state index contributed by atoms with van der Waals surface area (Å²) < 4.78 is 24.0. The molecule has 110 valence electrons. The normalized spacial score (nSPS) is 11.7. The zero-order valence-corrected chi connectivity index (χ0v) is 12.6. The highest BCUT2D eigenvalue weighted by molar-refractivity contribution is 7.89. The minimum absolute atomic E-state index is 0.0406. The SMILES string of the molecule is Cc1ccc(S(=O)(=O)N/N=C/c2cc(C)ccc2O)cc1. The molecule has 0 fully saturated rings. The van der Waals surface area contributed by atoms with Crippen LogP contribution in [0.25, 0.3) is 0 Å². The Bertz CT molecular complexity index is 766. The first-order chi connectivity index (χ1) is 9.88. The number of phenolic OH excluding ortho intramolecular Hbond substituents is 1. The summed E-state index contributed by atoms with van der Waals surface area (Å²) in [5, 5.41) is 13.3. The second kappa shape index (κ2) is 5.97. The lowest BCUT2D eigenvalue weighted by Gasteiger charge is -2.04. The summed E-state index contributed by atoms with van der Waals surface area (Å²) in [6, 6.07) is 11.4. The van der Waals surface area contributed by atoms with Crippen molar-refractivity contribution in [2.24, 2.45) is 5.10 Å². The number of phenols is 1. The van der Waals surface area contributed by atoms with Crippen LogP contribution in [0.5, 0.6) is 5.75 Å². The predicted molar refractivity (Wildman–Crippen MR) is 81.9 cm³/mol. The van der Waals surface area contributed by atoms with Gasteiger partial charge >= 0.3 is 0 Å². The number of aryl methyl sites for hydroxylation is 2. The molecule has 5 nitrogen and oxygen atoms in total. The molecular formula is C15H16N2O3S. The molecule has 0 amide bonds. The van der Waals surface area contributed by atoms with Crippen molar-refractivity contribution < 1.29 is 13.5 Å². The molecule has 0 atom stereocenters. The highest BCUT2D eigenvalue weighted by atomic mass is 32.2. The van der Waals surface area contributed by atoms with E-state index in [0.717, 1.165) is 11.1 Å². The van der Waals surface area contributed by atoms with Crippen LogP contribution in [0.3, 0.4) is 0 Å². The topological polar surface area (TPSA) is 78.8 Å². The van der Waals surface area contributed by atoms with Crippen LogP contribution in [0, 0.1) is 13.8 Å². The van der Waals surface area contributed by atoms with Crippen LogP contribution in [-0.2, 0) is 10.0 Å². The fourth-order valence-corrected chi connectivity index (χ4v) is 2.50. The van der Waals surface area contributed by atoms with E-state index in [1.165, 1.54) is 24.4 Å². The lowest BCUT2D eigenvalue weighted by Crippen LogP contribution is -2.18. The van der Waals surface area contributed by atoms with Crippen molar-refractivity contribution in [1.82, 2.24) is 4.83 Å². The standard InChI is InChI=1S/C15H16N2O3S/c1-11-3-6-14(7-4-11)21(19,20)17-16-10-13-9-12(2)5-8-15(13)18/h3-10,17-18H,1-2H3/b16-10+. The van der Waals surface area contributed by atoms with E-state index in [1.54, 1.807) is 24.3 Å². The maximum atomic E-state index is 12.0. The van der Waals surface area contributed by atoms with Crippen LogP contribution in [0.15, 0.2) is 52.5 Å². The van der Waals surface area contributed by atoms with E-state index in [-0.39, 0.29) is 10.6 Å². The smallest absolute Gasteiger partial charge is 0.276 e. The third-order valence-corrected chi connectivity index (χ3v) is 4.13. The number of rotatable bonds is 4. The fraction of sp³-hybridized carbons (Fsp3) is 0.133. The molecule has 0 aliphatic heterocycles. The molecule has 0 radical (unpaired) electrons. The van der Waals surface area contributed by atoms with Gasteiger partial charge < -0.3 is 5.11 Å². The number of benzene rings is 2. The van der Waals surface area contributed by atoms with Gasteiger partial charge in [0.2, 0.25) is 0 Å². The molecule has 2 aromatic carbocycles. The highest BCUT2D eigenvalue weighted by Crippen LogP contribution is 2.16. The molecule has 2 aromatic rings. The van der Waals surface area contributed by atoms with Gasteiger partial charge in [-0.15, -0.1) is 0 Å². The number of nitrogens with one attached hydrogen (secondary N) is 1. The Hall–Kier alpha value is -2.34. The van der Waals surface area contributed by atoms with Crippen molar-refractivity contribution in [1.29, 1.82) is 0 Å². The van der Waals surface area contributed by atoms with Crippen LogP contribution in [0.4, 0.5) is 0 Å². The average Bonchev–Trinajstić information content (AvgIpc) is 2.43. The van der Waals surface area contributed by atoms with Crippen molar-refractivity contribution >= 4 is 16.2 Å². The van der Waals surface area contributed by atoms with Gasteiger partial charge in [-0.3, -0.25) is 0 Å². The van der Waals surface area contributed by atoms with Gasteiger partial charge in [0.05, 0.1) is 11.1 Å². The molecule has 0 bridgehead atoms. The van der Waals surface area contributed by atoms with Crippen LogP contribution in [0.1, 0.15) is 16.7 Å². The summed E-state index contributed by atoms with van der Waals surface area (Å²) in [5.41, 5.74) is 2.36. The Kier molecular flexibility index (Phi) is 4.28. The number of nitrogens with zero attached hydrogens (tertiary/aromatic N) is 1. The molecule has 0 heterocycles. The summed E-state index contributed by atoms with van der Waals surface area (Å²) in [5.74, 6) is 0.0406. The second-order valence-electron chi connectivity index (χ2n) is 4.73. The van der Waals surface area contributed by atoms with Gasteiger partial charge in [-0.2, -0.15) is 13.5 Å². The van der Waals surface area contributed by atoms with Crippen molar-refractivity contribution in [3.05, 3.63) is 59.2 Å². The molecule has 0 saturated carbocycles. The minimum Gasteiger partial charge on any atom is -0.507 e. The highest BCUT2D eigenvalue weighted by Gasteiger charge is 2.11. The van der Waals surface area contributed by atoms with E-state index in [0.29, 0.717) is 5.56 Å². The molecule has 0 aliphatic rings. The lowest BCUT2D eigenvalue weighted by atomic mass is 10.1. The molecule has 6 heteroatoms. The van der Waals surface area contributed by atoms with Gasteiger partial charge in [0, 0.05) is 5.56 Å². The zero-order valence-electron chi connectivity index (χ0n) is 11.7. The number of sulfonamides is 1. The first-order valence-electron chi connectivity index (χ1n) is 6.30. The van der Waals surface area contributed by atoms with Crippen molar-refractivity contribution in [2.75, 3.05) is 0 Å². The Morgan fingerprint density at radius 1 is 1.05 bits per heavy atom. The molecular weight excluding hydrogens is 288 g/mol. The van der Waals surface area contributed by atoms with E-state index in [9.17, 15) is 13.5 Å². The fourth-order valence-electron chi connectivity index (χ4n) is 1.71. The van der Waals surface area contributed by atoms with Gasteiger partial charge in [0.1, 0.15) is 5.75 Å². The van der Waals surface area contributed by atoms with Crippen molar-refractivity contribution in [3.63, 3.8) is 0 Å². The molecule has 0 aliphatic carbocycles.